The lowest BCUT2D eigenvalue weighted by Gasteiger charge is -2.30. The third-order valence-electron chi connectivity index (χ3n) is 10.1. The van der Waals surface area contributed by atoms with Crippen LogP contribution in [0.3, 0.4) is 0 Å². The molecule has 2 N–H and O–H groups in total. The van der Waals surface area contributed by atoms with Crippen molar-refractivity contribution in [3.63, 3.8) is 0 Å². The minimum atomic E-state index is -4.55. The molecule has 0 aliphatic heterocycles. The van der Waals surface area contributed by atoms with Gasteiger partial charge in [0, 0.05) is 6.42 Å². The van der Waals surface area contributed by atoms with Gasteiger partial charge in [-0.2, -0.15) is 0 Å². The lowest BCUT2D eigenvalue weighted by atomic mass is 10.0. The molecule has 0 fully saturated rings. The highest BCUT2D eigenvalue weighted by Gasteiger charge is 2.24. The predicted octanol–water partition coefficient (Wildman–Crippen LogP) is 11.2. The number of aliphatic hydroxyl groups is 1. The van der Waals surface area contributed by atoms with Crippen LogP contribution < -0.4 is 10.2 Å². The Morgan fingerprint density at radius 1 is 0.608 bits per heavy atom. The van der Waals surface area contributed by atoms with E-state index in [9.17, 15) is 19.4 Å². The molecule has 0 saturated heterocycles. The van der Waals surface area contributed by atoms with Crippen LogP contribution in [-0.2, 0) is 18.4 Å². The Balaban J connectivity index is 4.35. The summed E-state index contributed by atoms with van der Waals surface area (Å²) >= 11 is 0. The molecule has 0 spiro atoms. The molecular weight excluding hydrogens is 659 g/mol. The van der Waals surface area contributed by atoms with Crippen LogP contribution in [0.5, 0.6) is 0 Å². The average molecular weight is 747 g/mol. The number of aliphatic hydroxyl groups excluding tert-OH is 1. The molecule has 9 heteroatoms. The fourth-order valence-electron chi connectivity index (χ4n) is 6.57. The molecule has 8 nitrogen and oxygen atoms in total. The maximum absolute atomic E-state index is 12.8. The predicted molar refractivity (Wildman–Crippen MR) is 215 cm³/mol. The van der Waals surface area contributed by atoms with Crippen LogP contribution in [0, 0.1) is 0 Å². The molecule has 1 unspecified atom stereocenters. The maximum Gasteiger partial charge on any atom is 0.268 e. The quantitative estimate of drug-likeness (QED) is 0.0367. The van der Waals surface area contributed by atoms with Crippen LogP contribution in [0.25, 0.3) is 0 Å². The molecule has 0 aromatic heterocycles. The fraction of sp³-hybridized carbons (Fsp3) is 0.976. The van der Waals surface area contributed by atoms with Crippen molar-refractivity contribution < 1.29 is 32.9 Å². The number of likely N-dealkylation sites (N-methyl/N-ethyl adjacent to an activating group) is 1. The number of hydrogen-bond acceptors (Lipinski definition) is 6. The topological polar surface area (TPSA) is 108 Å². The molecule has 0 bridgehead atoms. The molecule has 0 aliphatic rings. The van der Waals surface area contributed by atoms with Gasteiger partial charge in [0.05, 0.1) is 39.9 Å². The summed E-state index contributed by atoms with van der Waals surface area (Å²) in [7, 11) is 1.32. The summed E-state index contributed by atoms with van der Waals surface area (Å²) in [5.41, 5.74) is 0. The minimum Gasteiger partial charge on any atom is -0.756 e. The Labute approximate surface area is 317 Å². The van der Waals surface area contributed by atoms with Crippen molar-refractivity contribution in [3.8, 4) is 0 Å². The van der Waals surface area contributed by atoms with E-state index in [2.05, 4.69) is 19.2 Å². The standard InChI is InChI=1S/C42H87N2O6P/c1-6-8-10-12-14-16-18-20-22-24-26-28-30-32-34-36-42(46)43-40(39-50-51(47,48)49-38-37-44(3,4)5)41(45)35-33-31-29-27-25-23-21-19-17-15-13-11-9-7-2/h40-41,45H,6-39H2,1-5H3,(H-,43,46,47,48)/t40-,41+/m0/s1. The van der Waals surface area contributed by atoms with Crippen molar-refractivity contribution in [3.05, 3.63) is 0 Å². The highest BCUT2D eigenvalue weighted by Crippen LogP contribution is 2.38. The summed E-state index contributed by atoms with van der Waals surface area (Å²) in [6, 6.07) is -0.792. The van der Waals surface area contributed by atoms with E-state index in [0.717, 1.165) is 38.5 Å². The molecule has 0 aromatic rings. The van der Waals surface area contributed by atoms with Gasteiger partial charge in [-0.05, 0) is 12.8 Å². The van der Waals surface area contributed by atoms with E-state index in [1.165, 1.54) is 148 Å². The lowest BCUT2D eigenvalue weighted by Crippen LogP contribution is -2.46. The zero-order chi connectivity index (χ0) is 37.9. The molecule has 51 heavy (non-hydrogen) atoms. The molecule has 0 radical (unpaired) electrons. The Hall–Kier alpha value is -0.500. The zero-order valence-electron chi connectivity index (χ0n) is 34.6. The summed E-state index contributed by atoms with van der Waals surface area (Å²) < 4.78 is 23.2. The first-order chi connectivity index (χ1) is 24.5. The first kappa shape index (κ1) is 50.5. The molecule has 3 atom stereocenters. The molecule has 0 aliphatic carbocycles. The Morgan fingerprint density at radius 3 is 1.33 bits per heavy atom. The summed E-state index contributed by atoms with van der Waals surface area (Å²) in [5.74, 6) is -0.162. The summed E-state index contributed by atoms with van der Waals surface area (Å²) in [4.78, 5) is 25.3. The number of phosphoric ester groups is 1. The van der Waals surface area contributed by atoms with Gasteiger partial charge in [0.2, 0.25) is 5.91 Å². The van der Waals surface area contributed by atoms with Gasteiger partial charge in [0.1, 0.15) is 13.2 Å². The second-order valence-electron chi connectivity index (χ2n) is 16.4. The Bertz CT molecular complexity index is 809. The fourth-order valence-corrected chi connectivity index (χ4v) is 7.29. The second kappa shape index (κ2) is 35.2. The summed E-state index contributed by atoms with van der Waals surface area (Å²) in [6.07, 6.45) is 36.6. The number of quaternary nitrogens is 1. The normalized spacial score (nSPS) is 14.4. The van der Waals surface area contributed by atoms with Crippen LogP contribution in [0.4, 0.5) is 0 Å². The zero-order valence-corrected chi connectivity index (χ0v) is 35.5. The van der Waals surface area contributed by atoms with Crippen LogP contribution in [0.1, 0.15) is 213 Å². The van der Waals surface area contributed by atoms with Gasteiger partial charge in [0.25, 0.3) is 7.82 Å². The number of carbonyl (C=O) groups excluding carboxylic acids is 1. The number of unbranched alkanes of at least 4 members (excludes halogenated alkanes) is 27. The number of nitrogens with one attached hydrogen (secondary N) is 1. The number of phosphoric acid groups is 1. The first-order valence-corrected chi connectivity index (χ1v) is 23.3. The first-order valence-electron chi connectivity index (χ1n) is 21.9. The maximum atomic E-state index is 12.8. The number of rotatable bonds is 40. The van der Waals surface area contributed by atoms with E-state index in [1.54, 1.807) is 0 Å². The lowest BCUT2D eigenvalue weighted by molar-refractivity contribution is -0.870. The van der Waals surface area contributed by atoms with E-state index >= 15 is 0 Å². The number of nitrogens with zero attached hydrogens (tertiary/aromatic N) is 1. The highest BCUT2D eigenvalue weighted by atomic mass is 31.2. The van der Waals surface area contributed by atoms with Crippen molar-refractivity contribution in [1.29, 1.82) is 0 Å². The molecule has 0 aromatic carbocycles. The van der Waals surface area contributed by atoms with E-state index in [0.29, 0.717) is 23.9 Å². The largest absolute Gasteiger partial charge is 0.756 e. The monoisotopic (exact) mass is 747 g/mol. The van der Waals surface area contributed by atoms with Gasteiger partial charge in [-0.3, -0.25) is 9.36 Å². The Morgan fingerprint density at radius 2 is 0.961 bits per heavy atom. The Kier molecular flexibility index (Phi) is 34.9. The molecular formula is C42H87N2O6P. The van der Waals surface area contributed by atoms with Crippen molar-refractivity contribution in [1.82, 2.24) is 5.32 Å². The molecule has 0 rings (SSSR count). The SMILES string of the molecule is CCCCCCCCCCCCCCCCCC(=O)N[C@@H](COP(=O)([O-])OCC[N+](C)(C)C)[C@H](O)CCCCCCCCCCCCCCCC. The minimum absolute atomic E-state index is 0.0160. The molecule has 306 valence electrons. The van der Waals surface area contributed by atoms with Gasteiger partial charge in [-0.25, -0.2) is 0 Å². The van der Waals surface area contributed by atoms with Crippen molar-refractivity contribution in [2.45, 2.75) is 225 Å². The third-order valence-corrected chi connectivity index (χ3v) is 11.1. The number of carbonyl (C=O) groups is 1. The van der Waals surface area contributed by atoms with Crippen LogP contribution in [0.15, 0.2) is 0 Å². The average Bonchev–Trinajstić information content (AvgIpc) is 3.07. The van der Waals surface area contributed by atoms with E-state index in [1.807, 2.05) is 21.1 Å². The van der Waals surface area contributed by atoms with E-state index in [-0.39, 0.29) is 19.1 Å². The smallest absolute Gasteiger partial charge is 0.268 e. The van der Waals surface area contributed by atoms with Gasteiger partial charge >= 0.3 is 0 Å². The molecule has 0 heterocycles. The summed E-state index contributed by atoms with van der Waals surface area (Å²) in [5, 5.41) is 13.9. The van der Waals surface area contributed by atoms with E-state index in [4.69, 9.17) is 9.05 Å². The second-order valence-corrected chi connectivity index (χ2v) is 17.8. The summed E-state index contributed by atoms with van der Waals surface area (Å²) in [6.45, 7) is 4.73. The van der Waals surface area contributed by atoms with Gasteiger partial charge in [-0.15, -0.1) is 0 Å². The van der Waals surface area contributed by atoms with Gasteiger partial charge in [0.15, 0.2) is 0 Å². The van der Waals surface area contributed by atoms with Gasteiger partial charge in [-0.1, -0.05) is 194 Å². The van der Waals surface area contributed by atoms with Crippen LogP contribution in [-0.4, -0.2) is 68.5 Å². The highest BCUT2D eigenvalue weighted by molar-refractivity contribution is 7.45. The van der Waals surface area contributed by atoms with Crippen LogP contribution >= 0.6 is 7.82 Å². The third kappa shape index (κ3) is 37.6. The molecule has 0 saturated carbocycles. The number of amides is 1. The number of hydrogen-bond donors (Lipinski definition) is 2. The van der Waals surface area contributed by atoms with Crippen LogP contribution in [0.2, 0.25) is 0 Å². The van der Waals surface area contributed by atoms with Crippen molar-refractivity contribution in [2.24, 2.45) is 0 Å². The van der Waals surface area contributed by atoms with E-state index < -0.39 is 20.0 Å². The van der Waals surface area contributed by atoms with Crippen molar-refractivity contribution in [2.75, 3.05) is 40.9 Å². The van der Waals surface area contributed by atoms with Crippen molar-refractivity contribution >= 4 is 13.7 Å². The van der Waals surface area contributed by atoms with Gasteiger partial charge < -0.3 is 28.8 Å². The molecule has 1 amide bonds.